The highest BCUT2D eigenvalue weighted by Crippen LogP contribution is 2.29. The van der Waals surface area contributed by atoms with E-state index in [9.17, 15) is 0 Å². The molecule has 0 spiro atoms. The Hall–Kier alpha value is -0.800. The molecule has 3 nitrogen and oxygen atoms in total. The van der Waals surface area contributed by atoms with Crippen LogP contribution in [0.5, 0.6) is 0 Å². The van der Waals surface area contributed by atoms with Crippen LogP contribution in [0.25, 0.3) is 0 Å². The van der Waals surface area contributed by atoms with Crippen molar-refractivity contribution in [2.45, 2.75) is 45.9 Å². The highest BCUT2D eigenvalue weighted by Gasteiger charge is 2.29. The molecule has 1 N–H and O–H groups in total. The molecule has 0 aliphatic heterocycles. The van der Waals surface area contributed by atoms with E-state index in [0.717, 1.165) is 24.9 Å². The molecular formula is C13H21NO2. The van der Waals surface area contributed by atoms with Crippen molar-refractivity contribution in [3.05, 3.63) is 23.7 Å². The fourth-order valence-electron chi connectivity index (χ4n) is 2.04. The smallest absolute Gasteiger partial charge is 0.129 e. The molecule has 0 aromatic carbocycles. The van der Waals surface area contributed by atoms with Gasteiger partial charge in [0.1, 0.15) is 18.1 Å². The fraction of sp³-hybridized carbons (Fsp3) is 0.692. The summed E-state index contributed by atoms with van der Waals surface area (Å²) < 4.78 is 5.53. The van der Waals surface area contributed by atoms with Crippen LogP contribution < -0.4 is 0 Å². The van der Waals surface area contributed by atoms with Crippen molar-refractivity contribution >= 4 is 0 Å². The van der Waals surface area contributed by atoms with E-state index in [2.05, 4.69) is 18.7 Å². The van der Waals surface area contributed by atoms with Gasteiger partial charge in [-0.2, -0.15) is 0 Å². The molecule has 1 heterocycles. The van der Waals surface area contributed by atoms with E-state index in [0.29, 0.717) is 11.7 Å². The van der Waals surface area contributed by atoms with Crippen LogP contribution >= 0.6 is 0 Å². The summed E-state index contributed by atoms with van der Waals surface area (Å²) in [5.41, 5.74) is 0. The Kier molecular flexibility index (Phi) is 3.66. The monoisotopic (exact) mass is 223 g/mol. The summed E-state index contributed by atoms with van der Waals surface area (Å²) in [5, 5.41) is 8.94. The molecule has 16 heavy (non-hydrogen) atoms. The van der Waals surface area contributed by atoms with Gasteiger partial charge in [-0.1, -0.05) is 13.8 Å². The van der Waals surface area contributed by atoms with Crippen LogP contribution in [-0.2, 0) is 13.2 Å². The van der Waals surface area contributed by atoms with Crippen LogP contribution in [0, 0.1) is 5.92 Å². The molecule has 3 heteroatoms. The summed E-state index contributed by atoms with van der Waals surface area (Å²) in [6, 6.07) is 4.59. The number of hydrogen-bond acceptors (Lipinski definition) is 3. The molecule has 1 saturated carbocycles. The van der Waals surface area contributed by atoms with E-state index in [-0.39, 0.29) is 6.61 Å². The predicted molar refractivity (Wildman–Crippen MR) is 62.9 cm³/mol. The van der Waals surface area contributed by atoms with Crippen LogP contribution in [0.2, 0.25) is 0 Å². The maximum atomic E-state index is 8.94. The first-order valence-electron chi connectivity index (χ1n) is 6.11. The van der Waals surface area contributed by atoms with Gasteiger partial charge in [0.05, 0.1) is 6.54 Å². The number of hydrogen-bond donors (Lipinski definition) is 1. The van der Waals surface area contributed by atoms with Gasteiger partial charge in [0.25, 0.3) is 0 Å². The number of nitrogens with zero attached hydrogens (tertiary/aromatic N) is 1. The van der Waals surface area contributed by atoms with Crippen molar-refractivity contribution in [1.29, 1.82) is 0 Å². The summed E-state index contributed by atoms with van der Waals surface area (Å²) >= 11 is 0. The number of furan rings is 1. The van der Waals surface area contributed by atoms with Gasteiger partial charge in [-0.05, 0) is 30.9 Å². The van der Waals surface area contributed by atoms with Crippen LogP contribution in [0.4, 0.5) is 0 Å². The zero-order valence-electron chi connectivity index (χ0n) is 10.1. The minimum Gasteiger partial charge on any atom is -0.462 e. The van der Waals surface area contributed by atoms with E-state index in [1.54, 1.807) is 0 Å². The summed E-state index contributed by atoms with van der Waals surface area (Å²) in [4.78, 5) is 2.49. The number of aliphatic hydroxyl groups is 1. The van der Waals surface area contributed by atoms with Crippen molar-refractivity contribution in [1.82, 2.24) is 4.90 Å². The molecule has 1 aliphatic carbocycles. The SMILES string of the molecule is CC(C)CN(Cc1ccc(CO)o1)C1CC1. The third-order valence-corrected chi connectivity index (χ3v) is 2.90. The van der Waals surface area contributed by atoms with Crippen molar-refractivity contribution in [3.63, 3.8) is 0 Å². The zero-order chi connectivity index (χ0) is 11.5. The number of aliphatic hydroxyl groups excluding tert-OH is 1. The first-order valence-corrected chi connectivity index (χ1v) is 6.11. The molecule has 0 saturated heterocycles. The molecule has 1 aliphatic rings. The van der Waals surface area contributed by atoms with Crippen LogP contribution in [-0.4, -0.2) is 22.6 Å². The maximum Gasteiger partial charge on any atom is 0.129 e. The van der Waals surface area contributed by atoms with Gasteiger partial charge in [0.2, 0.25) is 0 Å². The molecule has 1 fully saturated rings. The van der Waals surface area contributed by atoms with Crippen molar-refractivity contribution in [2.75, 3.05) is 6.54 Å². The van der Waals surface area contributed by atoms with Gasteiger partial charge < -0.3 is 9.52 Å². The lowest BCUT2D eigenvalue weighted by Gasteiger charge is -2.22. The number of rotatable bonds is 6. The average molecular weight is 223 g/mol. The van der Waals surface area contributed by atoms with Gasteiger partial charge in [0.15, 0.2) is 0 Å². The third kappa shape index (κ3) is 3.09. The lowest BCUT2D eigenvalue weighted by molar-refractivity contribution is 0.197. The first-order chi connectivity index (χ1) is 7.69. The lowest BCUT2D eigenvalue weighted by Crippen LogP contribution is -2.29. The molecule has 0 atom stereocenters. The molecule has 0 radical (unpaired) electrons. The quantitative estimate of drug-likeness (QED) is 0.804. The molecule has 1 aromatic rings. The highest BCUT2D eigenvalue weighted by atomic mass is 16.4. The van der Waals surface area contributed by atoms with Crippen molar-refractivity contribution in [2.24, 2.45) is 5.92 Å². The molecule has 1 aromatic heterocycles. The Morgan fingerprint density at radius 1 is 1.38 bits per heavy atom. The van der Waals surface area contributed by atoms with Crippen LogP contribution in [0.1, 0.15) is 38.2 Å². The molecule has 0 bridgehead atoms. The Bertz CT molecular complexity index is 328. The van der Waals surface area contributed by atoms with Crippen molar-refractivity contribution < 1.29 is 9.52 Å². The van der Waals surface area contributed by atoms with E-state index in [1.807, 2.05) is 12.1 Å². The molecule has 0 unspecified atom stereocenters. The molecule has 0 amide bonds. The van der Waals surface area contributed by atoms with Crippen molar-refractivity contribution in [3.8, 4) is 0 Å². The van der Waals surface area contributed by atoms with Gasteiger partial charge in [-0.3, -0.25) is 4.90 Å². The standard InChI is InChI=1S/C13H21NO2/c1-10(2)7-14(11-3-4-11)8-12-5-6-13(9-15)16-12/h5-6,10-11,15H,3-4,7-9H2,1-2H3. The lowest BCUT2D eigenvalue weighted by atomic mass is 10.2. The fourth-order valence-corrected chi connectivity index (χ4v) is 2.04. The summed E-state index contributed by atoms with van der Waals surface area (Å²) in [7, 11) is 0. The van der Waals surface area contributed by atoms with E-state index in [4.69, 9.17) is 9.52 Å². The van der Waals surface area contributed by atoms with Gasteiger partial charge >= 0.3 is 0 Å². The summed E-state index contributed by atoms with van der Waals surface area (Å²) in [5.74, 6) is 2.32. The molecular weight excluding hydrogens is 202 g/mol. The third-order valence-electron chi connectivity index (χ3n) is 2.90. The van der Waals surface area contributed by atoms with E-state index >= 15 is 0 Å². The second kappa shape index (κ2) is 5.02. The Labute approximate surface area is 97.1 Å². The molecule has 90 valence electrons. The van der Waals surface area contributed by atoms with Gasteiger partial charge in [-0.25, -0.2) is 0 Å². The second-order valence-electron chi connectivity index (χ2n) is 5.08. The van der Waals surface area contributed by atoms with Crippen LogP contribution in [0.15, 0.2) is 16.5 Å². The minimum atomic E-state index is -0.00634. The largest absolute Gasteiger partial charge is 0.462 e. The Morgan fingerprint density at radius 2 is 2.06 bits per heavy atom. The van der Waals surface area contributed by atoms with E-state index in [1.165, 1.54) is 12.8 Å². The normalized spacial score (nSPS) is 16.3. The van der Waals surface area contributed by atoms with E-state index < -0.39 is 0 Å². The Morgan fingerprint density at radius 3 is 2.56 bits per heavy atom. The highest BCUT2D eigenvalue weighted by molar-refractivity contribution is 5.07. The van der Waals surface area contributed by atoms with Gasteiger partial charge in [-0.15, -0.1) is 0 Å². The minimum absolute atomic E-state index is 0.00634. The summed E-state index contributed by atoms with van der Waals surface area (Å²) in [6.07, 6.45) is 2.64. The average Bonchev–Trinajstić information content (AvgIpc) is 2.98. The maximum absolute atomic E-state index is 8.94. The predicted octanol–water partition coefficient (Wildman–Crippen LogP) is 2.39. The zero-order valence-corrected chi connectivity index (χ0v) is 10.1. The second-order valence-corrected chi connectivity index (χ2v) is 5.08. The topological polar surface area (TPSA) is 36.6 Å². The summed E-state index contributed by atoms with van der Waals surface area (Å²) in [6.45, 7) is 6.49. The van der Waals surface area contributed by atoms with Crippen LogP contribution in [0.3, 0.4) is 0 Å². The first kappa shape index (κ1) is 11.7. The molecule has 2 rings (SSSR count). The van der Waals surface area contributed by atoms with Gasteiger partial charge in [0, 0.05) is 12.6 Å². The Balaban J connectivity index is 1.93.